The number of methoxy groups -OCH3 is 2. The molecular weight excluding hydrogens is 338 g/mol. The van der Waals surface area contributed by atoms with Crippen molar-refractivity contribution in [3.8, 4) is 11.5 Å². The second kappa shape index (κ2) is 6.90. The summed E-state index contributed by atoms with van der Waals surface area (Å²) in [5, 5.41) is 0. The Kier molecular flexibility index (Phi) is 4.83. The third kappa shape index (κ3) is 3.27. The summed E-state index contributed by atoms with van der Waals surface area (Å²) in [4.78, 5) is 0.236. The van der Waals surface area contributed by atoms with Gasteiger partial charge in [0.05, 0.1) is 25.2 Å². The largest absolute Gasteiger partial charge is 0.496 e. The van der Waals surface area contributed by atoms with Gasteiger partial charge in [-0.1, -0.05) is 37.3 Å². The van der Waals surface area contributed by atoms with Gasteiger partial charge in [0.15, 0.2) is 0 Å². The van der Waals surface area contributed by atoms with Gasteiger partial charge in [-0.25, -0.2) is 13.1 Å². The monoisotopic (exact) mass is 359 g/mol. The van der Waals surface area contributed by atoms with Crippen LogP contribution >= 0.6 is 0 Å². The zero-order chi connectivity index (χ0) is 18.0. The minimum Gasteiger partial charge on any atom is -0.496 e. The van der Waals surface area contributed by atoms with E-state index in [4.69, 9.17) is 9.47 Å². The topological polar surface area (TPSA) is 64.6 Å². The molecule has 3 rings (SSSR count). The van der Waals surface area contributed by atoms with Crippen molar-refractivity contribution in [1.82, 2.24) is 4.72 Å². The van der Waals surface area contributed by atoms with Crippen LogP contribution < -0.4 is 14.2 Å². The van der Waals surface area contributed by atoms with Gasteiger partial charge in [0.25, 0.3) is 0 Å². The molecule has 6 heteroatoms. The predicted octanol–water partition coefficient (Wildman–Crippen LogP) is 3.39. The van der Waals surface area contributed by atoms with Crippen LogP contribution in [0.1, 0.15) is 24.1 Å². The third-order valence-electron chi connectivity index (χ3n) is 4.39. The zero-order valence-corrected chi connectivity index (χ0v) is 15.2. The lowest BCUT2D eigenvalue weighted by Gasteiger charge is -2.30. The summed E-state index contributed by atoms with van der Waals surface area (Å²) in [7, 11) is -0.489. The van der Waals surface area contributed by atoms with Gasteiger partial charge in [0.2, 0.25) is 10.0 Å². The zero-order valence-electron chi connectivity index (χ0n) is 14.4. The molecule has 0 heterocycles. The average molecular weight is 359 g/mol. The van der Waals surface area contributed by atoms with Crippen molar-refractivity contribution in [2.75, 3.05) is 14.2 Å². The van der Waals surface area contributed by atoms with Crippen molar-refractivity contribution in [3.05, 3.63) is 59.7 Å². The molecule has 2 aromatic carbocycles. The van der Waals surface area contributed by atoms with E-state index >= 15 is 0 Å². The molecule has 1 aliphatic carbocycles. The molecule has 1 N–H and O–H groups in total. The van der Waals surface area contributed by atoms with Crippen LogP contribution in [0.15, 0.2) is 53.4 Å². The van der Waals surface area contributed by atoms with Crippen LogP contribution in [0.5, 0.6) is 11.5 Å². The van der Waals surface area contributed by atoms with E-state index in [9.17, 15) is 8.42 Å². The molecular formula is C19H21NO4S. The number of ether oxygens (including phenoxy) is 2. The van der Waals surface area contributed by atoms with Gasteiger partial charge in [0.1, 0.15) is 11.5 Å². The fraction of sp³-hybridized carbons (Fsp3) is 0.263. The van der Waals surface area contributed by atoms with Gasteiger partial charge in [-0.05, 0) is 30.2 Å². The Morgan fingerprint density at radius 3 is 2.24 bits per heavy atom. The molecule has 2 atom stereocenters. The van der Waals surface area contributed by atoms with Crippen LogP contribution in [0.2, 0.25) is 0 Å². The summed E-state index contributed by atoms with van der Waals surface area (Å²) in [6.07, 6.45) is 3.93. The smallest absolute Gasteiger partial charge is 0.241 e. The van der Waals surface area contributed by atoms with Crippen LogP contribution in [0, 0.1) is 5.92 Å². The van der Waals surface area contributed by atoms with E-state index < -0.39 is 16.1 Å². The average Bonchev–Trinajstić information content (AvgIpc) is 2.63. The van der Waals surface area contributed by atoms with Crippen LogP contribution in [-0.4, -0.2) is 22.6 Å². The summed E-state index contributed by atoms with van der Waals surface area (Å²) < 4.78 is 39.3. The van der Waals surface area contributed by atoms with E-state index in [1.165, 1.54) is 0 Å². The molecule has 2 aromatic rings. The van der Waals surface area contributed by atoms with E-state index in [0.29, 0.717) is 11.5 Å². The first-order chi connectivity index (χ1) is 12.0. The molecule has 0 saturated carbocycles. The molecule has 0 saturated heterocycles. The quantitative estimate of drug-likeness (QED) is 0.889. The van der Waals surface area contributed by atoms with Gasteiger partial charge >= 0.3 is 0 Å². The molecule has 1 aliphatic rings. The number of fused-ring (bicyclic) bond motifs is 1. The Labute approximate surface area is 148 Å². The molecule has 0 spiro atoms. The predicted molar refractivity (Wildman–Crippen MR) is 97.2 cm³/mol. The number of hydrogen-bond acceptors (Lipinski definition) is 4. The van der Waals surface area contributed by atoms with Crippen LogP contribution in [0.3, 0.4) is 0 Å². The lowest BCUT2D eigenvalue weighted by Crippen LogP contribution is -2.34. The van der Waals surface area contributed by atoms with Gasteiger partial charge < -0.3 is 9.47 Å². The molecule has 0 aromatic heterocycles. The normalized spacial score (nSPS) is 19.3. The van der Waals surface area contributed by atoms with E-state index in [1.807, 2.05) is 25.1 Å². The number of sulfonamides is 1. The highest BCUT2D eigenvalue weighted by molar-refractivity contribution is 7.89. The van der Waals surface area contributed by atoms with E-state index in [0.717, 1.165) is 11.1 Å². The highest BCUT2D eigenvalue weighted by atomic mass is 32.2. The van der Waals surface area contributed by atoms with Crippen LogP contribution in [0.4, 0.5) is 0 Å². The first kappa shape index (κ1) is 17.5. The molecule has 25 heavy (non-hydrogen) atoms. The SMILES string of the molecule is COc1ccc(OC)c2c1C=C[C@H](C)[C@@H]2NS(=O)(=O)c1ccccc1. The third-order valence-corrected chi connectivity index (χ3v) is 5.84. The summed E-state index contributed by atoms with van der Waals surface area (Å²) in [6, 6.07) is 11.5. The van der Waals surface area contributed by atoms with Gasteiger partial charge in [-0.2, -0.15) is 0 Å². The Morgan fingerprint density at radius 2 is 1.60 bits per heavy atom. The maximum Gasteiger partial charge on any atom is 0.241 e. The molecule has 0 fully saturated rings. The number of benzene rings is 2. The van der Waals surface area contributed by atoms with Gasteiger partial charge in [0, 0.05) is 11.1 Å². The van der Waals surface area contributed by atoms with Crippen molar-refractivity contribution >= 4 is 16.1 Å². The van der Waals surface area contributed by atoms with E-state index in [2.05, 4.69) is 4.72 Å². The van der Waals surface area contributed by atoms with Gasteiger partial charge in [-0.3, -0.25) is 0 Å². The summed E-state index contributed by atoms with van der Waals surface area (Å²) >= 11 is 0. The Bertz CT molecular complexity index is 891. The molecule has 132 valence electrons. The minimum absolute atomic E-state index is 0.0352. The maximum absolute atomic E-state index is 12.8. The second-order valence-corrected chi connectivity index (χ2v) is 7.64. The van der Waals surface area contributed by atoms with Crippen LogP contribution in [-0.2, 0) is 10.0 Å². The first-order valence-electron chi connectivity index (χ1n) is 7.98. The van der Waals surface area contributed by atoms with E-state index in [1.54, 1.807) is 50.6 Å². The maximum atomic E-state index is 12.8. The van der Waals surface area contributed by atoms with E-state index in [-0.39, 0.29) is 10.8 Å². The summed E-state index contributed by atoms with van der Waals surface area (Å²) in [6.45, 7) is 1.97. The first-order valence-corrected chi connectivity index (χ1v) is 9.46. The van der Waals surface area contributed by atoms with Crippen molar-refractivity contribution in [2.45, 2.75) is 17.9 Å². The van der Waals surface area contributed by atoms with Crippen molar-refractivity contribution in [1.29, 1.82) is 0 Å². The number of hydrogen-bond donors (Lipinski definition) is 1. The molecule has 0 amide bonds. The number of rotatable bonds is 5. The van der Waals surface area contributed by atoms with Crippen molar-refractivity contribution in [2.24, 2.45) is 5.92 Å². The van der Waals surface area contributed by atoms with Crippen molar-refractivity contribution in [3.63, 3.8) is 0 Å². The summed E-state index contributed by atoms with van der Waals surface area (Å²) in [5.74, 6) is 1.28. The molecule has 0 bridgehead atoms. The molecule has 0 aliphatic heterocycles. The second-order valence-electron chi connectivity index (χ2n) is 5.93. The summed E-state index contributed by atoms with van der Waals surface area (Å²) in [5.41, 5.74) is 1.62. The fourth-order valence-electron chi connectivity index (χ4n) is 3.07. The molecule has 5 nitrogen and oxygen atoms in total. The Balaban J connectivity index is 2.08. The standard InChI is InChI=1S/C19H21NO4S/c1-13-9-10-15-16(23-2)11-12-17(24-3)18(15)19(13)20-25(21,22)14-7-5-4-6-8-14/h4-13,19-20H,1-3H3/t13-,19-/m0/s1. The fourth-order valence-corrected chi connectivity index (χ4v) is 4.39. The lowest BCUT2D eigenvalue weighted by molar-refractivity contribution is 0.383. The Hall–Kier alpha value is -2.31. The van der Waals surface area contributed by atoms with Crippen molar-refractivity contribution < 1.29 is 17.9 Å². The number of nitrogens with one attached hydrogen (secondary N) is 1. The molecule has 0 unspecified atom stereocenters. The van der Waals surface area contributed by atoms with Gasteiger partial charge in [-0.15, -0.1) is 0 Å². The molecule has 0 radical (unpaired) electrons. The Morgan fingerprint density at radius 1 is 0.960 bits per heavy atom. The minimum atomic E-state index is -3.66. The van der Waals surface area contributed by atoms with Crippen LogP contribution in [0.25, 0.3) is 6.08 Å². The highest BCUT2D eigenvalue weighted by Crippen LogP contribution is 2.42. The lowest BCUT2D eigenvalue weighted by atomic mass is 9.85. The highest BCUT2D eigenvalue weighted by Gasteiger charge is 2.32.